The van der Waals surface area contributed by atoms with Crippen LogP contribution in [-0.4, -0.2) is 48.2 Å². The van der Waals surface area contributed by atoms with Crippen molar-refractivity contribution < 1.29 is 27.9 Å². The summed E-state index contributed by atoms with van der Waals surface area (Å²) in [6.45, 7) is 1.27. The van der Waals surface area contributed by atoms with E-state index in [0.717, 1.165) is 11.4 Å². The Balaban J connectivity index is 2.49. The Labute approximate surface area is 122 Å². The van der Waals surface area contributed by atoms with Crippen LogP contribution in [0.15, 0.2) is 30.3 Å². The average molecular weight is 314 g/mol. The number of ether oxygens (including phenoxy) is 1. The number of carboxylic acid groups (broad SMARTS) is 1. The highest BCUT2D eigenvalue weighted by atomic mass is 32.2. The molecule has 1 N–H and O–H groups in total. The minimum Gasteiger partial charge on any atom is -0.480 e. The maximum Gasteiger partial charge on any atom is 0.327 e. The molecule has 0 radical (unpaired) electrons. The van der Waals surface area contributed by atoms with Gasteiger partial charge in [-0.1, -0.05) is 30.3 Å². The number of nitrogens with zero attached hydrogens (tertiary/aromatic N) is 1. The van der Waals surface area contributed by atoms with Gasteiger partial charge >= 0.3 is 11.9 Å². The number of hydrogen-bond acceptors (Lipinski definition) is 5. The van der Waals surface area contributed by atoms with Crippen LogP contribution in [0.5, 0.6) is 0 Å². The summed E-state index contributed by atoms with van der Waals surface area (Å²) < 4.78 is 29.9. The van der Waals surface area contributed by atoms with Crippen molar-refractivity contribution in [2.45, 2.75) is 24.3 Å². The first-order valence-electron chi connectivity index (χ1n) is 6.20. The maximum atomic E-state index is 12.2. The van der Waals surface area contributed by atoms with Crippen LogP contribution in [0.2, 0.25) is 0 Å². The van der Waals surface area contributed by atoms with E-state index in [1.807, 2.05) is 0 Å². The lowest BCUT2D eigenvalue weighted by atomic mass is 10.2. The zero-order valence-corrected chi connectivity index (χ0v) is 12.3. The van der Waals surface area contributed by atoms with Crippen LogP contribution in [-0.2, 0) is 24.3 Å². The Morgan fingerprint density at radius 2 is 1.86 bits per heavy atom. The molecule has 0 bridgehead atoms. The zero-order chi connectivity index (χ0) is 15.8. The number of esters is 1. The van der Waals surface area contributed by atoms with Crippen molar-refractivity contribution in [1.82, 2.24) is 4.31 Å². The molecular formula is C13H15NO6S. The fourth-order valence-corrected chi connectivity index (χ4v) is 4.54. The minimum absolute atomic E-state index is 0.552. The molecule has 7 nitrogen and oxygen atoms in total. The third kappa shape index (κ3) is 2.40. The second-order valence-corrected chi connectivity index (χ2v) is 6.65. The van der Waals surface area contributed by atoms with E-state index in [-0.39, 0.29) is 0 Å². The van der Waals surface area contributed by atoms with Gasteiger partial charge in [0, 0.05) is 0 Å². The average Bonchev–Trinajstić information content (AvgIpc) is 2.45. The molecule has 2 unspecified atom stereocenters. The second kappa shape index (κ2) is 5.45. The quantitative estimate of drug-likeness (QED) is 0.637. The van der Waals surface area contributed by atoms with E-state index in [1.165, 1.54) is 6.92 Å². The predicted molar refractivity (Wildman–Crippen MR) is 72.8 cm³/mol. The van der Waals surface area contributed by atoms with Crippen LogP contribution < -0.4 is 0 Å². The van der Waals surface area contributed by atoms with E-state index in [9.17, 15) is 18.0 Å². The third-order valence-electron chi connectivity index (χ3n) is 3.49. The van der Waals surface area contributed by atoms with Crippen LogP contribution in [0.4, 0.5) is 0 Å². The van der Waals surface area contributed by atoms with E-state index in [4.69, 9.17) is 5.11 Å². The van der Waals surface area contributed by atoms with Gasteiger partial charge in [-0.15, -0.1) is 0 Å². The van der Waals surface area contributed by atoms with Crippen LogP contribution in [0.25, 0.3) is 0 Å². The van der Waals surface area contributed by atoms with Gasteiger partial charge in [0.25, 0.3) is 0 Å². The molecule has 21 heavy (non-hydrogen) atoms. The lowest BCUT2D eigenvalue weighted by molar-refractivity contribution is -0.147. The summed E-state index contributed by atoms with van der Waals surface area (Å²) in [6, 6.07) is 6.30. The molecule has 0 amide bonds. The number of carbonyl (C=O) groups excluding carboxylic acids is 1. The SMILES string of the molecule is COC(=O)C1[13CH](c2ccccc2)N([C@@H](C)C(=O)O)S1(=O)=O. The fourth-order valence-electron chi connectivity index (χ4n) is 2.43. The number of carboxylic acids is 1. The van der Waals surface area contributed by atoms with Crippen molar-refractivity contribution in [3.8, 4) is 0 Å². The van der Waals surface area contributed by atoms with Crippen molar-refractivity contribution in [2.24, 2.45) is 0 Å². The van der Waals surface area contributed by atoms with Crippen molar-refractivity contribution in [3.05, 3.63) is 35.9 Å². The Kier molecular flexibility index (Phi) is 4.02. The van der Waals surface area contributed by atoms with Gasteiger partial charge in [0.2, 0.25) is 10.0 Å². The molecule has 1 aromatic rings. The van der Waals surface area contributed by atoms with Gasteiger partial charge in [0.1, 0.15) is 6.04 Å². The van der Waals surface area contributed by atoms with Crippen LogP contribution >= 0.6 is 0 Å². The molecule has 0 aromatic heterocycles. The number of rotatable bonds is 4. The van der Waals surface area contributed by atoms with Gasteiger partial charge in [-0.3, -0.25) is 9.59 Å². The fraction of sp³-hybridized carbons (Fsp3) is 0.385. The number of hydrogen-bond donors (Lipinski definition) is 1. The molecule has 1 aliphatic heterocycles. The van der Waals surface area contributed by atoms with Crippen molar-refractivity contribution in [1.29, 1.82) is 0 Å². The Morgan fingerprint density at radius 3 is 2.33 bits per heavy atom. The molecule has 3 atom stereocenters. The van der Waals surface area contributed by atoms with Crippen molar-refractivity contribution in [3.63, 3.8) is 0 Å². The van der Waals surface area contributed by atoms with Crippen LogP contribution in [0.1, 0.15) is 18.5 Å². The van der Waals surface area contributed by atoms with Crippen molar-refractivity contribution >= 4 is 22.0 Å². The summed E-state index contributed by atoms with van der Waals surface area (Å²) in [5.41, 5.74) is 0.552. The van der Waals surface area contributed by atoms with Crippen LogP contribution in [0, 0.1) is 0 Å². The first-order valence-corrected chi connectivity index (χ1v) is 7.70. The minimum atomic E-state index is -4.04. The maximum absolute atomic E-state index is 12.2. The lowest BCUT2D eigenvalue weighted by Gasteiger charge is -2.46. The van der Waals surface area contributed by atoms with Gasteiger partial charge in [-0.25, -0.2) is 8.42 Å². The molecule has 114 valence electrons. The molecule has 1 aromatic carbocycles. The summed E-state index contributed by atoms with van der Waals surface area (Å²) in [5.74, 6) is -2.17. The smallest absolute Gasteiger partial charge is 0.327 e. The topological polar surface area (TPSA) is 101 Å². The molecule has 0 saturated carbocycles. The molecule has 1 heterocycles. The third-order valence-corrected chi connectivity index (χ3v) is 5.71. The normalized spacial score (nSPS) is 25.6. The number of benzene rings is 1. The Morgan fingerprint density at radius 1 is 1.29 bits per heavy atom. The highest BCUT2D eigenvalue weighted by molar-refractivity contribution is 7.92. The summed E-state index contributed by atoms with van der Waals surface area (Å²) in [6.07, 6.45) is 0. The zero-order valence-electron chi connectivity index (χ0n) is 11.5. The molecule has 1 saturated heterocycles. The molecule has 0 spiro atoms. The van der Waals surface area contributed by atoms with E-state index in [1.54, 1.807) is 30.3 Å². The summed E-state index contributed by atoms with van der Waals surface area (Å²) in [7, 11) is -2.94. The van der Waals surface area contributed by atoms with Gasteiger partial charge in [0.15, 0.2) is 5.25 Å². The highest BCUT2D eigenvalue weighted by Crippen LogP contribution is 2.44. The van der Waals surface area contributed by atoms with Gasteiger partial charge in [-0.05, 0) is 12.5 Å². The van der Waals surface area contributed by atoms with E-state index in [2.05, 4.69) is 4.74 Å². The number of carbonyl (C=O) groups is 2. The lowest BCUT2D eigenvalue weighted by Crippen LogP contribution is -2.65. The molecule has 2 rings (SSSR count). The van der Waals surface area contributed by atoms with Crippen molar-refractivity contribution in [2.75, 3.05) is 7.11 Å². The number of aliphatic carboxylic acids is 1. The van der Waals surface area contributed by atoms with E-state index in [0.29, 0.717) is 5.56 Å². The van der Waals surface area contributed by atoms with Gasteiger partial charge in [0.05, 0.1) is 13.2 Å². The van der Waals surface area contributed by atoms with E-state index < -0.39 is 39.3 Å². The second-order valence-electron chi connectivity index (χ2n) is 4.69. The van der Waals surface area contributed by atoms with Crippen LogP contribution in [0.3, 0.4) is 0 Å². The predicted octanol–water partition coefficient (Wildman–Crippen LogP) is 0.388. The molecule has 0 aliphatic carbocycles. The summed E-state index contributed by atoms with van der Waals surface area (Å²) in [5, 5.41) is 7.66. The first kappa shape index (κ1) is 15.5. The Hall–Kier alpha value is -1.93. The van der Waals surface area contributed by atoms with Gasteiger partial charge < -0.3 is 9.84 Å². The monoisotopic (exact) mass is 314 g/mol. The standard InChI is InChI=1S/C13H15NO6S/c1-8(12(15)16)14-10(9-6-4-3-5-7-9)11(13(17)20-2)21(14,18)19/h3-8,10-11H,1-2H3,(H,15,16)/t8-,10?,11?/m0/s1/i10+1. The summed E-state index contributed by atoms with van der Waals surface area (Å²) in [4.78, 5) is 22.9. The molecular weight excluding hydrogens is 299 g/mol. The first-order chi connectivity index (χ1) is 9.82. The molecule has 1 aliphatic rings. The number of sulfonamides is 1. The summed E-state index contributed by atoms with van der Waals surface area (Å²) >= 11 is 0. The number of methoxy groups -OCH3 is 1. The largest absolute Gasteiger partial charge is 0.480 e. The molecule has 8 heteroatoms. The Bertz CT molecular complexity index is 656. The van der Waals surface area contributed by atoms with E-state index >= 15 is 0 Å². The van der Waals surface area contributed by atoms with Gasteiger partial charge in [-0.2, -0.15) is 4.31 Å². The molecule has 1 fully saturated rings. The highest BCUT2D eigenvalue weighted by Gasteiger charge is 2.61.